The lowest BCUT2D eigenvalue weighted by Crippen LogP contribution is -2.01. The van der Waals surface area contributed by atoms with E-state index in [2.05, 4.69) is 20.0 Å². The minimum atomic E-state index is -0.436. The number of aromatic nitrogens is 2. The Balaban J connectivity index is 1.93. The van der Waals surface area contributed by atoms with Crippen LogP contribution in [0.4, 0.5) is 10.8 Å². The lowest BCUT2D eigenvalue weighted by molar-refractivity contribution is 0.0595. The summed E-state index contributed by atoms with van der Waals surface area (Å²) >= 11 is 1.35. The minimum absolute atomic E-state index is 0.304. The second-order valence-electron chi connectivity index (χ2n) is 4.06. The number of hydrogen-bond donors (Lipinski definition) is 1. The van der Waals surface area contributed by atoms with Crippen LogP contribution < -0.4 is 5.32 Å². The first kappa shape index (κ1) is 12.6. The first-order chi connectivity index (χ1) is 9.78. The van der Waals surface area contributed by atoms with Gasteiger partial charge in [0.25, 0.3) is 0 Å². The Bertz CT molecular complexity index is 764. The molecule has 3 aromatic rings. The molecule has 0 fully saturated rings. The third-order valence-electron chi connectivity index (χ3n) is 2.82. The summed E-state index contributed by atoms with van der Waals surface area (Å²) in [6, 6.07) is 7.87. The van der Waals surface area contributed by atoms with Gasteiger partial charge in [-0.25, -0.2) is 9.78 Å². The van der Waals surface area contributed by atoms with E-state index in [-0.39, 0.29) is 0 Å². The number of thiazole rings is 1. The van der Waals surface area contributed by atoms with Gasteiger partial charge in [-0.05, 0) is 17.5 Å². The van der Waals surface area contributed by atoms with E-state index in [0.29, 0.717) is 10.8 Å². The van der Waals surface area contributed by atoms with Crippen molar-refractivity contribution in [2.24, 2.45) is 0 Å². The molecule has 0 bridgehead atoms. The molecule has 0 spiro atoms. The number of hydrogen-bond acceptors (Lipinski definition) is 6. The van der Waals surface area contributed by atoms with Crippen LogP contribution in [0.15, 0.2) is 42.0 Å². The van der Waals surface area contributed by atoms with Crippen molar-refractivity contribution in [3.05, 3.63) is 47.7 Å². The second-order valence-corrected chi connectivity index (χ2v) is 4.91. The number of esters is 1. The molecule has 0 atom stereocenters. The number of benzene rings is 1. The topological polar surface area (TPSA) is 64.1 Å². The molecular weight excluding hydrogens is 274 g/mol. The number of nitrogens with one attached hydrogen (secondary N) is 1. The van der Waals surface area contributed by atoms with Crippen LogP contribution in [0.5, 0.6) is 0 Å². The number of ether oxygens (including phenoxy) is 1. The normalized spacial score (nSPS) is 10.4. The zero-order valence-electron chi connectivity index (χ0n) is 10.7. The maximum absolute atomic E-state index is 11.4. The van der Waals surface area contributed by atoms with E-state index in [4.69, 9.17) is 0 Å². The monoisotopic (exact) mass is 285 g/mol. The van der Waals surface area contributed by atoms with Crippen molar-refractivity contribution in [2.75, 3.05) is 12.4 Å². The highest BCUT2D eigenvalue weighted by Gasteiger charge is 2.11. The minimum Gasteiger partial charge on any atom is -0.464 e. The van der Waals surface area contributed by atoms with Gasteiger partial charge in [0.15, 0.2) is 10.8 Å². The predicted octanol–water partition coefficient (Wildman–Crippen LogP) is 3.22. The standard InChI is InChI=1S/C14H11N3O2S/c1-19-13(18)12-8-20-14(17-12)16-11-4-2-3-9-5-6-15-7-10(9)11/h2-8H,1H3,(H,16,17). The molecule has 100 valence electrons. The third-order valence-corrected chi connectivity index (χ3v) is 3.58. The van der Waals surface area contributed by atoms with Crippen LogP contribution in [0.1, 0.15) is 10.5 Å². The van der Waals surface area contributed by atoms with Crippen LogP contribution >= 0.6 is 11.3 Å². The van der Waals surface area contributed by atoms with Crippen molar-refractivity contribution in [2.45, 2.75) is 0 Å². The van der Waals surface area contributed by atoms with E-state index >= 15 is 0 Å². The SMILES string of the molecule is COC(=O)c1csc(Nc2cccc3ccncc23)n1. The van der Waals surface area contributed by atoms with Gasteiger partial charge in [0.1, 0.15) is 0 Å². The average molecular weight is 285 g/mol. The highest BCUT2D eigenvalue weighted by atomic mass is 32.1. The van der Waals surface area contributed by atoms with E-state index in [0.717, 1.165) is 16.5 Å². The maximum atomic E-state index is 11.4. The molecule has 0 radical (unpaired) electrons. The number of carbonyl (C=O) groups excluding carboxylic acids is 1. The lowest BCUT2D eigenvalue weighted by atomic mass is 10.1. The summed E-state index contributed by atoms with van der Waals surface area (Å²) in [6.07, 6.45) is 3.55. The smallest absolute Gasteiger partial charge is 0.357 e. The molecule has 0 aliphatic heterocycles. The first-order valence-corrected chi connectivity index (χ1v) is 6.79. The van der Waals surface area contributed by atoms with Gasteiger partial charge in [-0.2, -0.15) is 0 Å². The summed E-state index contributed by atoms with van der Waals surface area (Å²) in [5.74, 6) is -0.436. The van der Waals surface area contributed by atoms with Crippen LogP contribution in [0, 0.1) is 0 Å². The van der Waals surface area contributed by atoms with Crippen molar-refractivity contribution in [1.82, 2.24) is 9.97 Å². The summed E-state index contributed by atoms with van der Waals surface area (Å²) < 4.78 is 4.64. The number of pyridine rings is 1. The van der Waals surface area contributed by atoms with Gasteiger partial charge in [0, 0.05) is 28.8 Å². The van der Waals surface area contributed by atoms with Gasteiger partial charge in [-0.15, -0.1) is 11.3 Å². The molecule has 20 heavy (non-hydrogen) atoms. The Hall–Kier alpha value is -2.47. The van der Waals surface area contributed by atoms with Gasteiger partial charge in [-0.1, -0.05) is 12.1 Å². The van der Waals surface area contributed by atoms with E-state index in [1.165, 1.54) is 18.4 Å². The molecule has 0 amide bonds. The molecule has 5 nitrogen and oxygen atoms in total. The number of anilines is 2. The predicted molar refractivity (Wildman–Crippen MR) is 78.5 cm³/mol. The Morgan fingerprint density at radius 3 is 3.10 bits per heavy atom. The fourth-order valence-electron chi connectivity index (χ4n) is 1.87. The number of nitrogens with zero attached hydrogens (tertiary/aromatic N) is 2. The molecule has 0 unspecified atom stereocenters. The van der Waals surface area contributed by atoms with Crippen LogP contribution in [0.3, 0.4) is 0 Å². The fourth-order valence-corrected chi connectivity index (χ4v) is 2.56. The van der Waals surface area contributed by atoms with Crippen molar-refractivity contribution in [1.29, 1.82) is 0 Å². The molecule has 2 heterocycles. The second kappa shape index (κ2) is 5.26. The molecule has 0 saturated carbocycles. The Kier molecular flexibility index (Phi) is 3.30. The molecule has 0 aliphatic rings. The van der Waals surface area contributed by atoms with Crippen LogP contribution in [0.2, 0.25) is 0 Å². The summed E-state index contributed by atoms with van der Waals surface area (Å²) in [4.78, 5) is 19.7. The zero-order valence-corrected chi connectivity index (χ0v) is 11.5. The Labute approximate surface area is 119 Å². The average Bonchev–Trinajstić information content (AvgIpc) is 2.95. The van der Waals surface area contributed by atoms with Crippen LogP contribution in [0.25, 0.3) is 10.8 Å². The molecule has 6 heteroatoms. The van der Waals surface area contributed by atoms with Crippen molar-refractivity contribution >= 4 is 38.9 Å². The summed E-state index contributed by atoms with van der Waals surface area (Å²) in [7, 11) is 1.34. The molecule has 0 saturated heterocycles. The molecule has 3 rings (SSSR count). The largest absolute Gasteiger partial charge is 0.464 e. The van der Waals surface area contributed by atoms with Gasteiger partial charge in [-0.3, -0.25) is 4.98 Å². The van der Waals surface area contributed by atoms with Crippen molar-refractivity contribution < 1.29 is 9.53 Å². The maximum Gasteiger partial charge on any atom is 0.357 e. The van der Waals surface area contributed by atoms with Gasteiger partial charge >= 0.3 is 5.97 Å². The molecule has 0 aliphatic carbocycles. The number of methoxy groups -OCH3 is 1. The number of rotatable bonds is 3. The number of fused-ring (bicyclic) bond motifs is 1. The van der Waals surface area contributed by atoms with Crippen LogP contribution in [-0.4, -0.2) is 23.0 Å². The molecule has 1 N–H and O–H groups in total. The lowest BCUT2D eigenvalue weighted by Gasteiger charge is -2.06. The highest BCUT2D eigenvalue weighted by molar-refractivity contribution is 7.14. The first-order valence-electron chi connectivity index (χ1n) is 5.91. The third kappa shape index (κ3) is 2.33. The van der Waals surface area contributed by atoms with Gasteiger partial charge < -0.3 is 10.1 Å². The van der Waals surface area contributed by atoms with Crippen molar-refractivity contribution in [3.8, 4) is 0 Å². The van der Waals surface area contributed by atoms with Gasteiger partial charge in [0.2, 0.25) is 0 Å². The summed E-state index contributed by atoms with van der Waals surface area (Å²) in [5.41, 5.74) is 1.21. The van der Waals surface area contributed by atoms with E-state index in [9.17, 15) is 4.79 Å². The van der Waals surface area contributed by atoms with E-state index in [1.54, 1.807) is 17.8 Å². The zero-order chi connectivity index (χ0) is 13.9. The summed E-state index contributed by atoms with van der Waals surface area (Å²) in [5, 5.41) is 7.61. The quantitative estimate of drug-likeness (QED) is 0.748. The van der Waals surface area contributed by atoms with Crippen molar-refractivity contribution in [3.63, 3.8) is 0 Å². The van der Waals surface area contributed by atoms with E-state index < -0.39 is 5.97 Å². The Morgan fingerprint density at radius 2 is 2.25 bits per heavy atom. The Morgan fingerprint density at radius 1 is 1.35 bits per heavy atom. The van der Waals surface area contributed by atoms with Crippen LogP contribution in [-0.2, 0) is 4.74 Å². The molecule has 1 aromatic carbocycles. The van der Waals surface area contributed by atoms with Gasteiger partial charge in [0.05, 0.1) is 7.11 Å². The van der Waals surface area contributed by atoms with E-state index in [1.807, 2.05) is 24.3 Å². The molecule has 2 aromatic heterocycles. The highest BCUT2D eigenvalue weighted by Crippen LogP contribution is 2.27. The fraction of sp³-hybridized carbons (Fsp3) is 0.0714. The molecular formula is C14H11N3O2S. The summed E-state index contributed by atoms with van der Waals surface area (Å²) in [6.45, 7) is 0. The number of carbonyl (C=O) groups is 1.